The summed E-state index contributed by atoms with van der Waals surface area (Å²) in [5.74, 6) is -0.824. The minimum atomic E-state index is -0.824. The van der Waals surface area contributed by atoms with Gasteiger partial charge in [0.15, 0.2) is 0 Å². The number of aryl methyl sites for hydroxylation is 2. The van der Waals surface area contributed by atoms with Gasteiger partial charge in [0.1, 0.15) is 6.29 Å². The third-order valence-corrected chi connectivity index (χ3v) is 2.29. The lowest BCUT2D eigenvalue weighted by Crippen LogP contribution is -2.01. The highest BCUT2D eigenvalue weighted by molar-refractivity contribution is 5.70. The Balaban J connectivity index is 2.78. The lowest BCUT2D eigenvalue weighted by Gasteiger charge is -2.05. The molecule has 0 heterocycles. The first kappa shape index (κ1) is 11.4. The Morgan fingerprint density at radius 3 is 2.73 bits per heavy atom. The molecule has 0 aliphatic carbocycles. The van der Waals surface area contributed by atoms with Gasteiger partial charge in [-0.2, -0.15) is 0 Å². The zero-order valence-electron chi connectivity index (χ0n) is 8.69. The minimum Gasteiger partial charge on any atom is -0.481 e. The Morgan fingerprint density at radius 1 is 1.47 bits per heavy atom. The molecule has 1 aromatic carbocycles. The molecular weight excluding hydrogens is 192 g/mol. The fourth-order valence-electron chi connectivity index (χ4n) is 1.54. The Morgan fingerprint density at radius 2 is 2.20 bits per heavy atom. The molecule has 0 amide bonds. The molecule has 0 saturated heterocycles. The summed E-state index contributed by atoms with van der Waals surface area (Å²) < 4.78 is 0. The molecule has 0 atom stereocenters. The van der Waals surface area contributed by atoms with Gasteiger partial charge >= 0.3 is 5.97 Å². The standard InChI is InChI=1S/C12H14O3/c1-9-7-10(8-12(14)15)4-5-11(9)3-2-6-13/h4-7H,2-3,8H2,1H3,(H,14,15). The lowest BCUT2D eigenvalue weighted by atomic mass is 10.0. The highest BCUT2D eigenvalue weighted by atomic mass is 16.4. The molecule has 1 rings (SSSR count). The number of aliphatic carboxylic acids is 1. The van der Waals surface area contributed by atoms with Crippen LogP contribution in [0.1, 0.15) is 23.1 Å². The molecule has 0 aliphatic rings. The van der Waals surface area contributed by atoms with E-state index >= 15 is 0 Å². The van der Waals surface area contributed by atoms with Crippen molar-refractivity contribution in [3.63, 3.8) is 0 Å². The van der Waals surface area contributed by atoms with E-state index in [1.54, 1.807) is 6.07 Å². The van der Waals surface area contributed by atoms with Crippen molar-refractivity contribution in [3.8, 4) is 0 Å². The van der Waals surface area contributed by atoms with E-state index in [0.29, 0.717) is 6.42 Å². The fourth-order valence-corrected chi connectivity index (χ4v) is 1.54. The Labute approximate surface area is 88.7 Å². The molecule has 15 heavy (non-hydrogen) atoms. The maximum absolute atomic E-state index is 10.5. The van der Waals surface area contributed by atoms with E-state index in [1.807, 2.05) is 19.1 Å². The average molecular weight is 206 g/mol. The highest BCUT2D eigenvalue weighted by Gasteiger charge is 2.03. The zero-order chi connectivity index (χ0) is 11.3. The van der Waals surface area contributed by atoms with Crippen LogP contribution in [0.25, 0.3) is 0 Å². The first-order valence-electron chi connectivity index (χ1n) is 4.87. The SMILES string of the molecule is Cc1cc(CC(=O)O)ccc1CCC=O. The average Bonchev–Trinajstić information content (AvgIpc) is 2.15. The van der Waals surface area contributed by atoms with Gasteiger partial charge in [0, 0.05) is 6.42 Å². The van der Waals surface area contributed by atoms with E-state index in [1.165, 1.54) is 0 Å². The van der Waals surface area contributed by atoms with Crippen molar-refractivity contribution in [1.29, 1.82) is 0 Å². The second-order valence-corrected chi connectivity index (χ2v) is 3.54. The van der Waals surface area contributed by atoms with Crippen molar-refractivity contribution >= 4 is 12.3 Å². The summed E-state index contributed by atoms with van der Waals surface area (Å²) in [5, 5.41) is 8.62. The van der Waals surface area contributed by atoms with Crippen molar-refractivity contribution in [2.75, 3.05) is 0 Å². The molecule has 0 saturated carbocycles. The Hall–Kier alpha value is -1.64. The van der Waals surface area contributed by atoms with E-state index in [0.717, 1.165) is 29.4 Å². The maximum atomic E-state index is 10.5. The molecule has 0 bridgehead atoms. The number of carboxylic acids is 1. The largest absolute Gasteiger partial charge is 0.481 e. The van der Waals surface area contributed by atoms with Gasteiger partial charge in [-0.15, -0.1) is 0 Å². The number of carboxylic acid groups (broad SMARTS) is 1. The summed E-state index contributed by atoms with van der Waals surface area (Å²) in [6, 6.07) is 5.58. The number of hydrogen-bond acceptors (Lipinski definition) is 2. The third kappa shape index (κ3) is 3.54. The van der Waals surface area contributed by atoms with Crippen LogP contribution in [0.4, 0.5) is 0 Å². The molecule has 0 aromatic heterocycles. The van der Waals surface area contributed by atoms with Gasteiger partial charge in [0.25, 0.3) is 0 Å². The first-order valence-corrected chi connectivity index (χ1v) is 4.87. The molecule has 1 aromatic rings. The predicted molar refractivity (Wildman–Crippen MR) is 56.9 cm³/mol. The summed E-state index contributed by atoms with van der Waals surface area (Å²) in [7, 11) is 0. The van der Waals surface area contributed by atoms with Crippen LogP contribution in [-0.4, -0.2) is 17.4 Å². The summed E-state index contributed by atoms with van der Waals surface area (Å²) in [6.45, 7) is 1.94. The zero-order valence-corrected chi connectivity index (χ0v) is 8.69. The minimum absolute atomic E-state index is 0.0504. The number of aldehydes is 1. The number of carbonyl (C=O) groups excluding carboxylic acids is 1. The second-order valence-electron chi connectivity index (χ2n) is 3.54. The van der Waals surface area contributed by atoms with E-state index in [2.05, 4.69) is 0 Å². The number of hydrogen-bond donors (Lipinski definition) is 1. The number of carbonyl (C=O) groups is 2. The van der Waals surface area contributed by atoms with E-state index in [-0.39, 0.29) is 6.42 Å². The summed E-state index contributed by atoms with van der Waals surface area (Å²) in [6.07, 6.45) is 2.18. The normalized spacial score (nSPS) is 9.93. The second kappa shape index (κ2) is 5.29. The molecule has 0 unspecified atom stereocenters. The lowest BCUT2D eigenvalue weighted by molar-refractivity contribution is -0.136. The fraction of sp³-hybridized carbons (Fsp3) is 0.333. The van der Waals surface area contributed by atoms with Crippen LogP contribution < -0.4 is 0 Å². The van der Waals surface area contributed by atoms with Crippen molar-refractivity contribution in [1.82, 2.24) is 0 Å². The predicted octanol–water partition coefficient (Wildman–Crippen LogP) is 1.75. The van der Waals surface area contributed by atoms with Crippen LogP contribution in [0, 0.1) is 6.92 Å². The van der Waals surface area contributed by atoms with E-state index in [9.17, 15) is 9.59 Å². The molecule has 0 fully saturated rings. The molecule has 0 spiro atoms. The number of benzene rings is 1. The Bertz CT molecular complexity index is 369. The molecule has 0 aliphatic heterocycles. The molecule has 0 radical (unpaired) electrons. The van der Waals surface area contributed by atoms with E-state index in [4.69, 9.17) is 5.11 Å². The third-order valence-electron chi connectivity index (χ3n) is 2.29. The van der Waals surface area contributed by atoms with Gasteiger partial charge in [0.2, 0.25) is 0 Å². The van der Waals surface area contributed by atoms with Crippen LogP contribution in [0.3, 0.4) is 0 Å². The molecule has 80 valence electrons. The summed E-state index contributed by atoms with van der Waals surface area (Å²) >= 11 is 0. The summed E-state index contributed by atoms with van der Waals surface area (Å²) in [4.78, 5) is 20.7. The smallest absolute Gasteiger partial charge is 0.307 e. The van der Waals surface area contributed by atoms with Crippen molar-refractivity contribution in [2.45, 2.75) is 26.2 Å². The van der Waals surface area contributed by atoms with Gasteiger partial charge in [-0.1, -0.05) is 18.2 Å². The highest BCUT2D eigenvalue weighted by Crippen LogP contribution is 2.13. The van der Waals surface area contributed by atoms with Gasteiger partial charge in [-0.25, -0.2) is 0 Å². The van der Waals surface area contributed by atoms with Crippen LogP contribution >= 0.6 is 0 Å². The van der Waals surface area contributed by atoms with Crippen LogP contribution in [-0.2, 0) is 22.4 Å². The monoisotopic (exact) mass is 206 g/mol. The quantitative estimate of drug-likeness (QED) is 0.747. The van der Waals surface area contributed by atoms with Crippen LogP contribution in [0.15, 0.2) is 18.2 Å². The summed E-state index contributed by atoms with van der Waals surface area (Å²) in [5.41, 5.74) is 2.96. The Kier molecular flexibility index (Phi) is 4.03. The van der Waals surface area contributed by atoms with Gasteiger partial charge in [-0.3, -0.25) is 4.79 Å². The van der Waals surface area contributed by atoms with Crippen molar-refractivity contribution < 1.29 is 14.7 Å². The topological polar surface area (TPSA) is 54.4 Å². The van der Waals surface area contributed by atoms with Crippen LogP contribution in [0.2, 0.25) is 0 Å². The van der Waals surface area contributed by atoms with Gasteiger partial charge < -0.3 is 9.90 Å². The molecule has 3 nitrogen and oxygen atoms in total. The molecule has 1 N–H and O–H groups in total. The van der Waals surface area contributed by atoms with E-state index < -0.39 is 5.97 Å². The first-order chi connectivity index (χ1) is 7.13. The number of rotatable bonds is 5. The van der Waals surface area contributed by atoms with Gasteiger partial charge in [-0.05, 0) is 30.0 Å². The molecule has 3 heteroatoms. The van der Waals surface area contributed by atoms with Crippen molar-refractivity contribution in [3.05, 3.63) is 34.9 Å². The molecular formula is C12H14O3. The van der Waals surface area contributed by atoms with Crippen molar-refractivity contribution in [2.24, 2.45) is 0 Å². The van der Waals surface area contributed by atoms with Crippen LogP contribution in [0.5, 0.6) is 0 Å². The maximum Gasteiger partial charge on any atom is 0.307 e. The van der Waals surface area contributed by atoms with Gasteiger partial charge in [0.05, 0.1) is 6.42 Å².